The molecule has 3 heterocycles. The van der Waals surface area contributed by atoms with Gasteiger partial charge in [0.25, 0.3) is 5.56 Å². The van der Waals surface area contributed by atoms with Gasteiger partial charge in [-0.05, 0) is 24.6 Å². The maximum atomic E-state index is 13.5. The minimum atomic E-state index is -1.60. The van der Waals surface area contributed by atoms with Gasteiger partial charge in [0.15, 0.2) is 25.3 Å². The summed E-state index contributed by atoms with van der Waals surface area (Å²) in [4.78, 5) is 33.7. The summed E-state index contributed by atoms with van der Waals surface area (Å²) in [5, 5.41) is 0. The molecule has 1 atom stereocenters. The first-order valence-corrected chi connectivity index (χ1v) is 11.4. The highest BCUT2D eigenvalue weighted by atomic mass is 31.2. The monoisotopic (exact) mass is 493 g/mol. The number of nitrogen functional groups attached to an aromatic ring is 1. The van der Waals surface area contributed by atoms with E-state index in [1.807, 2.05) is 0 Å². The molecule has 1 aromatic carbocycles. The van der Waals surface area contributed by atoms with Crippen molar-refractivity contribution in [2.24, 2.45) is 0 Å². The molecule has 0 radical (unpaired) electrons. The lowest BCUT2D eigenvalue weighted by molar-refractivity contribution is 0.136. The van der Waals surface area contributed by atoms with Gasteiger partial charge in [-0.2, -0.15) is 4.98 Å². The minimum Gasteiger partial charge on any atom is -0.396 e. The van der Waals surface area contributed by atoms with Gasteiger partial charge in [0, 0.05) is 6.54 Å². The summed E-state index contributed by atoms with van der Waals surface area (Å²) < 4.78 is 42.1. The van der Waals surface area contributed by atoms with E-state index in [1.165, 1.54) is 18.5 Å². The summed E-state index contributed by atoms with van der Waals surface area (Å²) in [6, 6.07) is 6.00. The molecule has 3 aromatic heterocycles. The number of rotatable bonds is 11. The fraction of sp³-hybridized carbons (Fsp3) is 0.300. The fourth-order valence-electron chi connectivity index (χ4n) is 2.96. The Morgan fingerprint density at radius 1 is 1.24 bits per heavy atom. The third-order valence-electron chi connectivity index (χ3n) is 4.61. The third-order valence-corrected chi connectivity index (χ3v) is 5.83. The van der Waals surface area contributed by atoms with Gasteiger partial charge < -0.3 is 32.9 Å². The van der Waals surface area contributed by atoms with E-state index in [4.69, 9.17) is 28.4 Å². The molecular weight excluding hydrogens is 472 g/mol. The molecule has 0 amide bonds. The smallest absolute Gasteiger partial charge is 0.396 e. The molecule has 0 saturated heterocycles. The van der Waals surface area contributed by atoms with Crippen LogP contribution in [-0.2, 0) is 33.5 Å². The topological polar surface area (TPSA) is 161 Å². The Bertz CT molecular complexity index is 1380. The van der Waals surface area contributed by atoms with Crippen molar-refractivity contribution in [1.29, 1.82) is 0 Å². The van der Waals surface area contributed by atoms with E-state index in [1.54, 1.807) is 23.6 Å². The van der Waals surface area contributed by atoms with Crippen molar-refractivity contribution < 1.29 is 27.0 Å². The molecule has 4 rings (SSSR count). The number of anilines is 1. The maximum absolute atomic E-state index is 13.5. The van der Waals surface area contributed by atoms with Gasteiger partial charge in [0.05, 0.1) is 19.5 Å². The van der Waals surface area contributed by atoms with Crippen LogP contribution in [0, 0.1) is 12.7 Å². The number of nitrogens with two attached hydrogens (primary N) is 1. The number of halogens is 1. The standard InChI is InChI=1S/C20H21FN5O7P/c1-12-15(33-20(28)32-12)9-31-34(30-8-13-3-2-4-14(21)7-13)11-29-6-5-26-10-23-16-17(26)24-19(22)25-18(16)27/h2-4,7,10H,5-6,8-9,11H2,1H3,(H3,22,24,25,27). The van der Waals surface area contributed by atoms with Crippen LogP contribution < -0.4 is 17.1 Å². The second-order valence-electron chi connectivity index (χ2n) is 7.04. The van der Waals surface area contributed by atoms with E-state index >= 15 is 0 Å². The van der Waals surface area contributed by atoms with E-state index in [9.17, 15) is 14.0 Å². The molecule has 0 aliphatic heterocycles. The number of aryl methyl sites for hydroxylation is 1. The second kappa shape index (κ2) is 10.7. The summed E-state index contributed by atoms with van der Waals surface area (Å²) in [7, 11) is -1.60. The molecule has 1 unspecified atom stereocenters. The van der Waals surface area contributed by atoms with E-state index in [-0.39, 0.29) is 49.2 Å². The number of ether oxygens (including phenoxy) is 1. The van der Waals surface area contributed by atoms with Gasteiger partial charge in [-0.3, -0.25) is 9.78 Å². The number of H-pyrrole nitrogens is 1. The first-order chi connectivity index (χ1) is 16.4. The molecule has 34 heavy (non-hydrogen) atoms. The Morgan fingerprint density at radius 3 is 2.82 bits per heavy atom. The number of aromatic nitrogens is 4. The zero-order valence-electron chi connectivity index (χ0n) is 18.0. The predicted molar refractivity (Wildman–Crippen MR) is 118 cm³/mol. The molecule has 4 aromatic rings. The van der Waals surface area contributed by atoms with Gasteiger partial charge in [0.1, 0.15) is 24.5 Å². The van der Waals surface area contributed by atoms with Crippen LogP contribution in [0.1, 0.15) is 17.1 Å². The quantitative estimate of drug-likeness (QED) is 0.234. The summed E-state index contributed by atoms with van der Waals surface area (Å²) >= 11 is 0. The molecule has 180 valence electrons. The lowest BCUT2D eigenvalue weighted by atomic mass is 10.2. The number of imidazole rings is 1. The number of nitrogens with one attached hydrogen (secondary N) is 1. The van der Waals surface area contributed by atoms with Crippen molar-refractivity contribution in [3.05, 3.63) is 74.5 Å². The number of hydrogen-bond acceptors (Lipinski definition) is 10. The third kappa shape index (κ3) is 5.94. The van der Waals surface area contributed by atoms with E-state index in [0.717, 1.165) is 0 Å². The highest BCUT2D eigenvalue weighted by molar-refractivity contribution is 7.46. The van der Waals surface area contributed by atoms with Crippen molar-refractivity contribution in [2.45, 2.75) is 26.7 Å². The minimum absolute atomic E-state index is 0.0102. The van der Waals surface area contributed by atoms with E-state index < -0.39 is 19.8 Å². The van der Waals surface area contributed by atoms with Gasteiger partial charge >= 0.3 is 5.82 Å². The number of fused-ring (bicyclic) bond motifs is 1. The van der Waals surface area contributed by atoms with Gasteiger partial charge in [-0.15, -0.1) is 0 Å². The van der Waals surface area contributed by atoms with Gasteiger partial charge in [-0.1, -0.05) is 12.1 Å². The summed E-state index contributed by atoms with van der Waals surface area (Å²) in [6.07, 6.45) is 1.55. The lowest BCUT2D eigenvalue weighted by Crippen LogP contribution is -2.13. The van der Waals surface area contributed by atoms with E-state index in [2.05, 4.69) is 15.0 Å². The number of nitrogens with zero attached hydrogens (tertiary/aromatic N) is 3. The Kier molecular flexibility index (Phi) is 7.48. The molecule has 3 N–H and O–H groups in total. The van der Waals surface area contributed by atoms with Crippen LogP contribution in [-0.4, -0.2) is 32.5 Å². The van der Waals surface area contributed by atoms with Crippen molar-refractivity contribution in [3.8, 4) is 0 Å². The highest BCUT2D eigenvalue weighted by Gasteiger charge is 2.17. The molecule has 0 fully saturated rings. The molecular formula is C20H21FN5O7P. The maximum Gasteiger partial charge on any atom is 0.519 e. The first kappa shape index (κ1) is 23.8. The summed E-state index contributed by atoms with van der Waals surface area (Å²) in [5.74, 6) is -0.661. The van der Waals surface area contributed by atoms with Crippen molar-refractivity contribution in [3.63, 3.8) is 0 Å². The molecule has 0 aliphatic carbocycles. The zero-order chi connectivity index (χ0) is 24.1. The number of benzene rings is 1. The Labute approximate surface area is 192 Å². The summed E-state index contributed by atoms with van der Waals surface area (Å²) in [6.45, 7) is 2.19. The van der Waals surface area contributed by atoms with Gasteiger partial charge in [0.2, 0.25) is 5.95 Å². The van der Waals surface area contributed by atoms with Crippen LogP contribution in [0.2, 0.25) is 0 Å². The molecule has 0 saturated carbocycles. The number of hydrogen-bond donors (Lipinski definition) is 2. The number of aromatic amines is 1. The van der Waals surface area contributed by atoms with Gasteiger partial charge in [-0.25, -0.2) is 14.2 Å². The Hall–Kier alpha value is -3.38. The van der Waals surface area contributed by atoms with Crippen molar-refractivity contribution in [2.75, 3.05) is 18.7 Å². The van der Waals surface area contributed by atoms with Crippen LogP contribution in [0.4, 0.5) is 10.3 Å². The molecule has 0 bridgehead atoms. The predicted octanol–water partition coefficient (Wildman–Crippen LogP) is 2.42. The van der Waals surface area contributed by atoms with Crippen LogP contribution >= 0.6 is 8.38 Å². The summed E-state index contributed by atoms with van der Waals surface area (Å²) in [5.41, 5.74) is 6.33. The molecule has 0 spiro atoms. The molecule has 14 heteroatoms. The average Bonchev–Trinajstić information content (AvgIpc) is 3.34. The highest BCUT2D eigenvalue weighted by Crippen LogP contribution is 2.40. The lowest BCUT2D eigenvalue weighted by Gasteiger charge is -2.17. The first-order valence-electron chi connectivity index (χ1n) is 10.0. The normalized spacial score (nSPS) is 12.4. The molecule has 0 aliphatic rings. The van der Waals surface area contributed by atoms with Crippen LogP contribution in [0.15, 0.2) is 49.0 Å². The van der Waals surface area contributed by atoms with Crippen LogP contribution in [0.3, 0.4) is 0 Å². The van der Waals surface area contributed by atoms with Crippen LogP contribution in [0.25, 0.3) is 11.2 Å². The zero-order valence-corrected chi connectivity index (χ0v) is 18.9. The Morgan fingerprint density at radius 2 is 2.06 bits per heavy atom. The second-order valence-corrected chi connectivity index (χ2v) is 8.48. The SMILES string of the molecule is Cc1oc(=O)oc1COP(COCCn1cnc2c(=O)[nH]c(N)nc21)OCc1cccc(F)c1. The Balaban J connectivity index is 1.35. The van der Waals surface area contributed by atoms with Crippen LogP contribution in [0.5, 0.6) is 0 Å². The van der Waals surface area contributed by atoms with Crippen molar-refractivity contribution in [1.82, 2.24) is 19.5 Å². The van der Waals surface area contributed by atoms with Crippen molar-refractivity contribution >= 4 is 25.5 Å². The fourth-order valence-corrected chi connectivity index (χ4v) is 4.01. The average molecular weight is 493 g/mol. The largest absolute Gasteiger partial charge is 0.519 e. The molecule has 12 nitrogen and oxygen atoms in total. The van der Waals surface area contributed by atoms with E-state index in [0.29, 0.717) is 23.5 Å².